The van der Waals surface area contributed by atoms with Crippen molar-refractivity contribution < 1.29 is 19.2 Å². The second kappa shape index (κ2) is 5.63. The maximum absolute atomic E-state index is 13.7. The number of nitro benzene ring substituents is 1. The first-order valence-electron chi connectivity index (χ1n) is 5.28. The number of rotatable bonds is 5. The molecule has 0 heterocycles. The lowest BCUT2D eigenvalue weighted by atomic mass is 10.2. The molecule has 7 heteroatoms. The number of halogens is 1. The third kappa shape index (κ3) is 3.07. The van der Waals surface area contributed by atoms with Crippen LogP contribution in [0.3, 0.4) is 0 Å². The molecular formula is C11H15FN2O4. The normalized spacial score (nSPS) is 12.1. The van der Waals surface area contributed by atoms with Gasteiger partial charge in [0.25, 0.3) is 0 Å². The molecule has 0 saturated heterocycles. The van der Waals surface area contributed by atoms with Gasteiger partial charge >= 0.3 is 5.69 Å². The number of aliphatic hydroxyl groups excluding tert-OH is 1. The van der Waals surface area contributed by atoms with Gasteiger partial charge in [-0.25, -0.2) is 4.39 Å². The van der Waals surface area contributed by atoms with Gasteiger partial charge in [0.15, 0.2) is 11.6 Å². The van der Waals surface area contributed by atoms with Crippen molar-refractivity contribution in [2.24, 2.45) is 0 Å². The van der Waals surface area contributed by atoms with Gasteiger partial charge < -0.3 is 14.7 Å². The molecule has 0 fully saturated rings. The van der Waals surface area contributed by atoms with Crippen LogP contribution in [0.25, 0.3) is 0 Å². The van der Waals surface area contributed by atoms with Gasteiger partial charge in [-0.3, -0.25) is 10.1 Å². The first kappa shape index (κ1) is 14.2. The topological polar surface area (TPSA) is 75.8 Å². The molecule has 18 heavy (non-hydrogen) atoms. The molecular weight excluding hydrogens is 243 g/mol. The van der Waals surface area contributed by atoms with E-state index < -0.39 is 22.5 Å². The van der Waals surface area contributed by atoms with Gasteiger partial charge in [0.2, 0.25) is 0 Å². The number of hydrogen-bond acceptors (Lipinski definition) is 5. The van der Waals surface area contributed by atoms with Crippen molar-refractivity contribution in [2.75, 3.05) is 25.6 Å². The molecule has 0 aliphatic heterocycles. The van der Waals surface area contributed by atoms with Crippen LogP contribution < -0.4 is 9.64 Å². The van der Waals surface area contributed by atoms with E-state index >= 15 is 0 Å². The molecule has 100 valence electrons. The summed E-state index contributed by atoms with van der Waals surface area (Å²) in [5.74, 6) is -0.750. The van der Waals surface area contributed by atoms with Crippen molar-refractivity contribution in [1.82, 2.24) is 0 Å². The van der Waals surface area contributed by atoms with E-state index in [2.05, 4.69) is 0 Å². The Hall–Kier alpha value is -1.89. The summed E-state index contributed by atoms with van der Waals surface area (Å²) in [5, 5.41) is 19.9. The van der Waals surface area contributed by atoms with Crippen LogP contribution in [0.15, 0.2) is 12.1 Å². The molecule has 0 aromatic heterocycles. The minimum Gasteiger partial charge on any atom is -0.490 e. The molecule has 1 rings (SSSR count). The van der Waals surface area contributed by atoms with Crippen molar-refractivity contribution in [2.45, 2.75) is 13.0 Å². The first-order valence-corrected chi connectivity index (χ1v) is 5.28. The molecule has 1 N–H and O–H groups in total. The average Bonchev–Trinajstić information content (AvgIpc) is 2.27. The molecule has 1 aromatic rings. The summed E-state index contributed by atoms with van der Waals surface area (Å²) in [7, 11) is 2.86. The summed E-state index contributed by atoms with van der Waals surface area (Å²) in [6.45, 7) is 1.77. The third-order valence-electron chi connectivity index (χ3n) is 2.39. The SMILES string of the molecule is COc1cc(N(C)CC(C)O)c(F)cc1[N+](=O)[O-]. The van der Waals surface area contributed by atoms with E-state index in [1.54, 1.807) is 14.0 Å². The summed E-state index contributed by atoms with van der Waals surface area (Å²) in [5.41, 5.74) is -0.289. The summed E-state index contributed by atoms with van der Waals surface area (Å²) in [6, 6.07) is 2.06. The molecule has 1 aromatic carbocycles. The number of nitro groups is 1. The molecule has 0 aliphatic carbocycles. The van der Waals surface area contributed by atoms with Crippen molar-refractivity contribution in [1.29, 1.82) is 0 Å². The summed E-state index contributed by atoms with van der Waals surface area (Å²) in [4.78, 5) is 11.5. The minimum atomic E-state index is -0.731. The predicted octanol–water partition coefficient (Wildman–Crippen LogP) is 1.56. The molecule has 0 radical (unpaired) electrons. The van der Waals surface area contributed by atoms with Crippen LogP contribution in [0.4, 0.5) is 15.8 Å². The molecule has 1 atom stereocenters. The minimum absolute atomic E-state index is 0.0196. The summed E-state index contributed by atoms with van der Waals surface area (Å²) < 4.78 is 18.6. The molecule has 0 saturated carbocycles. The van der Waals surface area contributed by atoms with Crippen LogP contribution in [0.1, 0.15) is 6.92 Å². The van der Waals surface area contributed by atoms with Crippen LogP contribution in [0.5, 0.6) is 5.75 Å². The van der Waals surface area contributed by atoms with E-state index in [1.165, 1.54) is 18.1 Å². The number of anilines is 1. The van der Waals surface area contributed by atoms with Gasteiger partial charge in [-0.1, -0.05) is 0 Å². The van der Waals surface area contributed by atoms with Crippen molar-refractivity contribution in [3.05, 3.63) is 28.1 Å². The van der Waals surface area contributed by atoms with E-state index in [9.17, 15) is 19.6 Å². The molecule has 0 amide bonds. The Labute approximate surface area is 104 Å². The molecule has 0 spiro atoms. The first-order chi connectivity index (χ1) is 8.36. The Balaban J connectivity index is 3.18. The molecule has 1 unspecified atom stereocenters. The monoisotopic (exact) mass is 258 g/mol. The summed E-state index contributed by atoms with van der Waals surface area (Å²) in [6.07, 6.45) is -0.643. The van der Waals surface area contributed by atoms with E-state index in [0.29, 0.717) is 0 Å². The standard InChI is InChI=1S/C11H15FN2O4/c1-7(15)6-13(2)9-5-11(18-3)10(14(16)17)4-8(9)12/h4-5,7,15H,6H2,1-3H3. The highest BCUT2D eigenvalue weighted by Crippen LogP contribution is 2.33. The maximum Gasteiger partial charge on any atom is 0.313 e. The summed E-state index contributed by atoms with van der Waals surface area (Å²) >= 11 is 0. The van der Waals surface area contributed by atoms with Gasteiger partial charge in [-0.05, 0) is 6.92 Å². The van der Waals surface area contributed by atoms with Crippen molar-refractivity contribution in [3.8, 4) is 5.75 Å². The predicted molar refractivity (Wildman–Crippen MR) is 64.6 cm³/mol. The van der Waals surface area contributed by atoms with Gasteiger partial charge in [-0.2, -0.15) is 0 Å². The van der Waals surface area contributed by atoms with Crippen LogP contribution in [0.2, 0.25) is 0 Å². The van der Waals surface area contributed by atoms with Crippen LogP contribution in [0, 0.1) is 15.9 Å². The Morgan fingerprint density at radius 2 is 2.22 bits per heavy atom. The lowest BCUT2D eigenvalue weighted by Gasteiger charge is -2.21. The Bertz CT molecular complexity index is 451. The lowest BCUT2D eigenvalue weighted by Crippen LogP contribution is -2.27. The fourth-order valence-electron chi connectivity index (χ4n) is 1.63. The number of likely N-dealkylation sites (N-methyl/N-ethyl adjacent to an activating group) is 1. The zero-order valence-electron chi connectivity index (χ0n) is 10.4. The number of methoxy groups -OCH3 is 1. The smallest absolute Gasteiger partial charge is 0.313 e. The maximum atomic E-state index is 13.7. The number of benzene rings is 1. The van der Waals surface area contributed by atoms with Crippen LogP contribution in [-0.4, -0.2) is 36.8 Å². The van der Waals surface area contributed by atoms with E-state index in [1.807, 2.05) is 0 Å². The highest BCUT2D eigenvalue weighted by Gasteiger charge is 2.21. The van der Waals surface area contributed by atoms with E-state index in [4.69, 9.17) is 4.74 Å². The molecule has 0 aliphatic rings. The second-order valence-corrected chi connectivity index (χ2v) is 3.96. The largest absolute Gasteiger partial charge is 0.490 e. The number of aliphatic hydroxyl groups is 1. The lowest BCUT2D eigenvalue weighted by molar-refractivity contribution is -0.385. The number of nitrogens with zero attached hydrogens (tertiary/aromatic N) is 2. The van der Waals surface area contributed by atoms with Crippen LogP contribution in [-0.2, 0) is 0 Å². The van der Waals surface area contributed by atoms with E-state index in [-0.39, 0.29) is 18.0 Å². The highest BCUT2D eigenvalue weighted by atomic mass is 19.1. The average molecular weight is 258 g/mol. The van der Waals surface area contributed by atoms with Gasteiger partial charge in [0.05, 0.1) is 29.9 Å². The molecule has 6 nitrogen and oxygen atoms in total. The quantitative estimate of drug-likeness (QED) is 0.640. The van der Waals surface area contributed by atoms with Gasteiger partial charge in [0, 0.05) is 19.7 Å². The Morgan fingerprint density at radius 1 is 1.61 bits per heavy atom. The van der Waals surface area contributed by atoms with Gasteiger partial charge in [0.1, 0.15) is 0 Å². The Morgan fingerprint density at radius 3 is 2.67 bits per heavy atom. The Kier molecular flexibility index (Phi) is 4.43. The van der Waals surface area contributed by atoms with Crippen molar-refractivity contribution in [3.63, 3.8) is 0 Å². The fraction of sp³-hybridized carbons (Fsp3) is 0.455. The van der Waals surface area contributed by atoms with Crippen LogP contribution >= 0.6 is 0 Å². The zero-order chi connectivity index (χ0) is 13.9. The zero-order valence-corrected chi connectivity index (χ0v) is 10.4. The fourth-order valence-corrected chi connectivity index (χ4v) is 1.63. The van der Waals surface area contributed by atoms with E-state index in [0.717, 1.165) is 6.07 Å². The second-order valence-electron chi connectivity index (χ2n) is 3.96. The third-order valence-corrected chi connectivity index (χ3v) is 2.39. The molecule has 0 bridgehead atoms. The highest BCUT2D eigenvalue weighted by molar-refractivity contribution is 5.60. The number of ether oxygens (including phenoxy) is 1. The van der Waals surface area contributed by atoms with Gasteiger partial charge in [-0.15, -0.1) is 0 Å². The van der Waals surface area contributed by atoms with Crippen molar-refractivity contribution >= 4 is 11.4 Å². The number of hydrogen-bond donors (Lipinski definition) is 1.